The van der Waals surface area contributed by atoms with Crippen molar-refractivity contribution in [3.05, 3.63) is 17.8 Å². The first-order valence-corrected chi connectivity index (χ1v) is 4.38. The third kappa shape index (κ3) is 1.80. The summed E-state index contributed by atoms with van der Waals surface area (Å²) in [6.45, 7) is 1.78. The number of methoxy groups -OCH3 is 1. The van der Waals surface area contributed by atoms with Crippen LogP contribution in [0.25, 0.3) is 0 Å². The fourth-order valence-corrected chi connectivity index (χ4v) is 1.26. The summed E-state index contributed by atoms with van der Waals surface area (Å²) in [5.41, 5.74) is 0.751. The van der Waals surface area contributed by atoms with Crippen LogP contribution >= 0.6 is 0 Å². The molecule has 0 fully saturated rings. The Kier molecular flexibility index (Phi) is 2.78. The lowest BCUT2D eigenvalue weighted by molar-refractivity contribution is 0.383. The van der Waals surface area contributed by atoms with E-state index in [1.54, 1.807) is 13.0 Å². The van der Waals surface area contributed by atoms with Gasteiger partial charge in [0.25, 0.3) is 0 Å². The second-order valence-corrected chi connectivity index (χ2v) is 3.15. The van der Waals surface area contributed by atoms with Crippen molar-refractivity contribution in [1.29, 1.82) is 0 Å². The van der Waals surface area contributed by atoms with Crippen LogP contribution in [0.15, 0.2) is 17.0 Å². The monoisotopic (exact) mass is 187 g/mol. The maximum Gasteiger partial charge on any atom is 0.232 e. The predicted molar refractivity (Wildman–Crippen MR) is 44.6 cm³/mol. The lowest BCUT2D eigenvalue weighted by Gasteiger charge is -2.03. The molecule has 5 heteroatoms. The van der Waals surface area contributed by atoms with Gasteiger partial charge in [-0.2, -0.15) is 0 Å². The summed E-state index contributed by atoms with van der Waals surface area (Å²) in [6, 6.07) is 3.18. The molecule has 1 atom stereocenters. The van der Waals surface area contributed by atoms with Gasteiger partial charge in [-0.15, -0.1) is 0 Å². The molecule has 12 heavy (non-hydrogen) atoms. The standard InChI is InChI=1S/C7H9NO3S/c1-5-3-4-6(12(9)10)7(8-5)11-2/h3-4H,1-2H3,(H,9,10). The van der Waals surface area contributed by atoms with Crippen LogP contribution in [0, 0.1) is 6.92 Å². The summed E-state index contributed by atoms with van der Waals surface area (Å²) >= 11 is -2.04. The molecule has 0 aliphatic heterocycles. The Bertz CT molecular complexity index is 314. The molecule has 1 rings (SSSR count). The molecule has 0 bridgehead atoms. The number of rotatable bonds is 2. The van der Waals surface area contributed by atoms with Crippen molar-refractivity contribution < 1.29 is 13.5 Å². The maximum atomic E-state index is 10.7. The van der Waals surface area contributed by atoms with E-state index in [0.29, 0.717) is 0 Å². The lowest BCUT2D eigenvalue weighted by atomic mass is 10.4. The summed E-state index contributed by atoms with van der Waals surface area (Å²) in [4.78, 5) is 4.13. The Morgan fingerprint density at radius 2 is 2.25 bits per heavy atom. The van der Waals surface area contributed by atoms with E-state index in [-0.39, 0.29) is 10.8 Å². The van der Waals surface area contributed by atoms with E-state index < -0.39 is 11.1 Å². The normalized spacial score (nSPS) is 12.6. The molecule has 0 saturated carbocycles. The molecular weight excluding hydrogens is 178 g/mol. The first-order valence-electron chi connectivity index (χ1n) is 3.27. The molecule has 0 aliphatic carbocycles. The zero-order valence-corrected chi connectivity index (χ0v) is 7.59. The van der Waals surface area contributed by atoms with Crippen LogP contribution in [0.2, 0.25) is 0 Å². The van der Waals surface area contributed by atoms with E-state index in [2.05, 4.69) is 4.98 Å². The van der Waals surface area contributed by atoms with Crippen molar-refractivity contribution in [2.24, 2.45) is 0 Å². The molecule has 0 amide bonds. The molecule has 66 valence electrons. The molecule has 1 aromatic rings. The molecule has 1 N–H and O–H groups in total. The maximum absolute atomic E-state index is 10.7. The number of pyridine rings is 1. The summed E-state index contributed by atoms with van der Waals surface area (Å²) in [5, 5.41) is 0. The van der Waals surface area contributed by atoms with Crippen LogP contribution in [-0.2, 0) is 11.1 Å². The quantitative estimate of drug-likeness (QED) is 0.701. The minimum atomic E-state index is -2.04. The zero-order chi connectivity index (χ0) is 9.14. The third-order valence-corrected chi connectivity index (χ3v) is 2.03. The van der Waals surface area contributed by atoms with Gasteiger partial charge in [0, 0.05) is 5.69 Å². The Morgan fingerprint density at radius 1 is 1.58 bits per heavy atom. The number of hydrogen-bond donors (Lipinski definition) is 1. The van der Waals surface area contributed by atoms with Gasteiger partial charge in [-0.05, 0) is 19.1 Å². The van der Waals surface area contributed by atoms with E-state index in [4.69, 9.17) is 9.29 Å². The largest absolute Gasteiger partial charge is 0.480 e. The molecule has 4 nitrogen and oxygen atoms in total. The molecule has 0 aromatic carbocycles. The Labute approximate surface area is 72.9 Å². The molecular formula is C7H9NO3S. The Hall–Kier alpha value is -0.940. The minimum Gasteiger partial charge on any atom is -0.480 e. The van der Waals surface area contributed by atoms with Gasteiger partial charge in [-0.1, -0.05) is 0 Å². The number of aromatic nitrogens is 1. The van der Waals surface area contributed by atoms with Gasteiger partial charge in [-0.25, -0.2) is 9.19 Å². The van der Waals surface area contributed by atoms with Crippen molar-refractivity contribution in [2.75, 3.05) is 7.11 Å². The molecule has 1 unspecified atom stereocenters. The van der Waals surface area contributed by atoms with Crippen molar-refractivity contribution in [3.63, 3.8) is 0 Å². The predicted octanol–water partition coefficient (Wildman–Crippen LogP) is 0.979. The van der Waals surface area contributed by atoms with Crippen LogP contribution in [0.5, 0.6) is 5.88 Å². The van der Waals surface area contributed by atoms with Gasteiger partial charge in [0.15, 0.2) is 11.1 Å². The molecule has 0 radical (unpaired) electrons. The van der Waals surface area contributed by atoms with Crippen molar-refractivity contribution >= 4 is 11.1 Å². The zero-order valence-electron chi connectivity index (χ0n) is 6.77. The molecule has 0 saturated heterocycles. The van der Waals surface area contributed by atoms with E-state index in [9.17, 15) is 4.21 Å². The minimum absolute atomic E-state index is 0.197. The molecule has 1 heterocycles. The van der Waals surface area contributed by atoms with Crippen molar-refractivity contribution in [3.8, 4) is 5.88 Å². The van der Waals surface area contributed by atoms with E-state index in [0.717, 1.165) is 5.69 Å². The van der Waals surface area contributed by atoms with Gasteiger partial charge in [0.05, 0.1) is 7.11 Å². The van der Waals surface area contributed by atoms with Crippen LogP contribution in [0.1, 0.15) is 5.69 Å². The highest BCUT2D eigenvalue weighted by molar-refractivity contribution is 7.79. The number of hydrogen-bond acceptors (Lipinski definition) is 3. The van der Waals surface area contributed by atoms with E-state index in [1.807, 2.05) is 0 Å². The first kappa shape index (κ1) is 9.15. The Morgan fingerprint density at radius 3 is 2.75 bits per heavy atom. The second kappa shape index (κ2) is 3.64. The van der Waals surface area contributed by atoms with Crippen LogP contribution in [-0.4, -0.2) is 20.9 Å². The summed E-state index contributed by atoms with van der Waals surface area (Å²) < 4.78 is 24.3. The van der Waals surface area contributed by atoms with Gasteiger partial charge >= 0.3 is 0 Å². The topological polar surface area (TPSA) is 59.4 Å². The van der Waals surface area contributed by atoms with Crippen LogP contribution < -0.4 is 4.74 Å². The van der Waals surface area contributed by atoms with Gasteiger partial charge < -0.3 is 9.29 Å². The highest BCUT2D eigenvalue weighted by atomic mass is 32.2. The van der Waals surface area contributed by atoms with E-state index >= 15 is 0 Å². The molecule has 0 spiro atoms. The van der Waals surface area contributed by atoms with Gasteiger partial charge in [0.2, 0.25) is 5.88 Å². The number of ether oxygens (including phenoxy) is 1. The smallest absolute Gasteiger partial charge is 0.232 e. The average molecular weight is 187 g/mol. The molecule has 0 aliphatic rings. The third-order valence-electron chi connectivity index (χ3n) is 1.35. The SMILES string of the molecule is COc1nc(C)ccc1S(=O)O. The van der Waals surface area contributed by atoms with Crippen LogP contribution in [0.3, 0.4) is 0 Å². The summed E-state index contributed by atoms with van der Waals surface area (Å²) in [5.74, 6) is 0.204. The summed E-state index contributed by atoms with van der Waals surface area (Å²) in [7, 11) is 1.41. The first-order chi connectivity index (χ1) is 5.65. The Balaban J connectivity index is 3.20. The fourth-order valence-electron chi connectivity index (χ4n) is 0.799. The summed E-state index contributed by atoms with van der Waals surface area (Å²) in [6.07, 6.45) is 0. The van der Waals surface area contributed by atoms with Gasteiger partial charge in [-0.3, -0.25) is 0 Å². The van der Waals surface area contributed by atoms with Gasteiger partial charge in [0.1, 0.15) is 4.90 Å². The highest BCUT2D eigenvalue weighted by Gasteiger charge is 2.09. The second-order valence-electron chi connectivity index (χ2n) is 2.21. The van der Waals surface area contributed by atoms with Crippen molar-refractivity contribution in [2.45, 2.75) is 11.8 Å². The molecule has 1 aromatic heterocycles. The van der Waals surface area contributed by atoms with Crippen molar-refractivity contribution in [1.82, 2.24) is 4.98 Å². The number of aryl methyl sites for hydroxylation is 1. The van der Waals surface area contributed by atoms with E-state index in [1.165, 1.54) is 13.2 Å². The van der Waals surface area contributed by atoms with Crippen LogP contribution in [0.4, 0.5) is 0 Å². The lowest BCUT2D eigenvalue weighted by Crippen LogP contribution is -1.97. The number of nitrogens with zero attached hydrogens (tertiary/aromatic N) is 1. The average Bonchev–Trinajstić information content (AvgIpc) is 2.03. The fraction of sp³-hybridized carbons (Fsp3) is 0.286. The highest BCUT2D eigenvalue weighted by Crippen LogP contribution is 2.18.